The van der Waals surface area contributed by atoms with Crippen LogP contribution in [0.2, 0.25) is 0 Å². The van der Waals surface area contributed by atoms with Crippen molar-refractivity contribution in [2.75, 3.05) is 0 Å². The van der Waals surface area contributed by atoms with E-state index >= 15 is 0 Å². The molecule has 0 bridgehead atoms. The number of unbranched alkanes of at least 4 members (excludes halogenated alkanes) is 2. The highest BCUT2D eigenvalue weighted by Gasteiger charge is 1.79. The van der Waals surface area contributed by atoms with Crippen molar-refractivity contribution in [1.29, 1.82) is 0 Å². The van der Waals surface area contributed by atoms with Gasteiger partial charge < -0.3 is 0 Å². The van der Waals surface area contributed by atoms with Crippen LogP contribution in [0.3, 0.4) is 0 Å². The largest absolute Gasteiger partial charge is 0.103 e. The summed E-state index contributed by atoms with van der Waals surface area (Å²) in [6.45, 7) is 7.92. The molecule has 0 aromatic heterocycles. The van der Waals surface area contributed by atoms with Crippen molar-refractivity contribution in [2.45, 2.75) is 33.1 Å². The maximum Gasteiger partial charge on any atom is -0.0345 e. The Morgan fingerprint density at radius 3 is 2.44 bits per heavy atom. The highest BCUT2D eigenvalue weighted by molar-refractivity contribution is 4.92. The predicted octanol–water partition coefficient (Wildman–Crippen LogP) is 3.31. The molecule has 52 valence electrons. The van der Waals surface area contributed by atoms with Gasteiger partial charge in [-0.05, 0) is 33.1 Å². The monoisotopic (exact) mass is 124 g/mol. The summed E-state index contributed by atoms with van der Waals surface area (Å²) in [5.74, 6) is 0. The predicted molar refractivity (Wildman–Crippen MR) is 43.5 cm³/mol. The molecule has 0 heteroatoms. The van der Waals surface area contributed by atoms with Gasteiger partial charge in [-0.25, -0.2) is 0 Å². The maximum absolute atomic E-state index is 3.66. The molecule has 0 aliphatic rings. The Kier molecular flexibility index (Phi) is 5.29. The Morgan fingerprint density at radius 2 is 2.00 bits per heavy atom. The van der Waals surface area contributed by atoms with Gasteiger partial charge in [0.05, 0.1) is 0 Å². The van der Waals surface area contributed by atoms with Crippen LogP contribution in [0.4, 0.5) is 0 Å². The molecule has 0 rings (SSSR count). The highest BCUT2D eigenvalue weighted by atomic mass is 13.9. The van der Waals surface area contributed by atoms with Crippen molar-refractivity contribution < 1.29 is 0 Å². The fraction of sp³-hybridized carbons (Fsp3) is 0.556. The molecule has 0 saturated carbocycles. The smallest absolute Gasteiger partial charge is 0.0345 e. The van der Waals surface area contributed by atoms with Crippen LogP contribution in [0.15, 0.2) is 24.3 Å². The van der Waals surface area contributed by atoms with Gasteiger partial charge in [-0.15, -0.1) is 6.58 Å². The first-order valence-corrected chi connectivity index (χ1v) is 3.51. The van der Waals surface area contributed by atoms with Gasteiger partial charge in [-0.1, -0.05) is 17.7 Å². The lowest BCUT2D eigenvalue weighted by molar-refractivity contribution is 0.864. The molecule has 0 aromatic rings. The van der Waals surface area contributed by atoms with Gasteiger partial charge >= 0.3 is 0 Å². The summed E-state index contributed by atoms with van der Waals surface area (Å²) < 4.78 is 0. The van der Waals surface area contributed by atoms with Gasteiger partial charge in [0.25, 0.3) is 0 Å². The molecular formula is C9H16. The lowest BCUT2D eigenvalue weighted by Crippen LogP contribution is -1.69. The van der Waals surface area contributed by atoms with Crippen molar-refractivity contribution in [1.82, 2.24) is 0 Å². The third-order valence-corrected chi connectivity index (χ3v) is 1.16. The molecule has 0 atom stereocenters. The molecule has 0 saturated heterocycles. The van der Waals surface area contributed by atoms with E-state index in [2.05, 4.69) is 26.5 Å². The zero-order valence-electron chi connectivity index (χ0n) is 6.48. The van der Waals surface area contributed by atoms with E-state index in [1.807, 2.05) is 6.08 Å². The molecule has 0 unspecified atom stereocenters. The molecule has 0 aromatic carbocycles. The zero-order valence-corrected chi connectivity index (χ0v) is 6.48. The zero-order chi connectivity index (χ0) is 7.11. The molecule has 0 amide bonds. The molecule has 0 N–H and O–H groups in total. The fourth-order valence-electron chi connectivity index (χ4n) is 0.653. The molecule has 0 aliphatic heterocycles. The van der Waals surface area contributed by atoms with E-state index in [9.17, 15) is 0 Å². The van der Waals surface area contributed by atoms with Crippen molar-refractivity contribution in [3.05, 3.63) is 24.3 Å². The molecule has 9 heavy (non-hydrogen) atoms. The van der Waals surface area contributed by atoms with Crippen molar-refractivity contribution >= 4 is 0 Å². The maximum atomic E-state index is 3.66. The Labute approximate surface area is 58.3 Å². The fourth-order valence-corrected chi connectivity index (χ4v) is 0.653. The van der Waals surface area contributed by atoms with Crippen LogP contribution in [-0.4, -0.2) is 0 Å². The number of hydrogen-bond acceptors (Lipinski definition) is 0. The van der Waals surface area contributed by atoms with Crippen molar-refractivity contribution in [3.63, 3.8) is 0 Å². The second kappa shape index (κ2) is 5.61. The SMILES string of the molecule is C=CCCCC=C(C)C. The van der Waals surface area contributed by atoms with Gasteiger partial charge in [-0.2, -0.15) is 0 Å². The highest BCUT2D eigenvalue weighted by Crippen LogP contribution is 1.99. The van der Waals surface area contributed by atoms with Crippen LogP contribution in [-0.2, 0) is 0 Å². The summed E-state index contributed by atoms with van der Waals surface area (Å²) in [6.07, 6.45) is 7.83. The summed E-state index contributed by atoms with van der Waals surface area (Å²) in [5, 5.41) is 0. The van der Waals surface area contributed by atoms with Gasteiger partial charge in [-0.3, -0.25) is 0 Å². The average Bonchev–Trinajstić information content (AvgIpc) is 1.80. The second-order valence-corrected chi connectivity index (χ2v) is 2.50. The number of hydrogen-bond donors (Lipinski definition) is 0. The van der Waals surface area contributed by atoms with Crippen molar-refractivity contribution in [3.8, 4) is 0 Å². The lowest BCUT2D eigenvalue weighted by atomic mass is 10.2. The first-order valence-electron chi connectivity index (χ1n) is 3.51. The minimum atomic E-state index is 1.14. The van der Waals surface area contributed by atoms with E-state index in [1.54, 1.807) is 0 Å². The van der Waals surface area contributed by atoms with Crippen LogP contribution < -0.4 is 0 Å². The first-order chi connectivity index (χ1) is 4.27. The third-order valence-electron chi connectivity index (χ3n) is 1.16. The van der Waals surface area contributed by atoms with Crippen LogP contribution in [0.1, 0.15) is 33.1 Å². The lowest BCUT2D eigenvalue weighted by Gasteiger charge is -1.90. The molecular weight excluding hydrogens is 108 g/mol. The van der Waals surface area contributed by atoms with E-state index < -0.39 is 0 Å². The average molecular weight is 124 g/mol. The second-order valence-electron chi connectivity index (χ2n) is 2.50. The van der Waals surface area contributed by atoms with Gasteiger partial charge in [0.1, 0.15) is 0 Å². The van der Waals surface area contributed by atoms with E-state index in [0.717, 1.165) is 6.42 Å². The standard InChI is InChI=1S/C9H16/c1-4-5-6-7-8-9(2)3/h4,8H,1,5-7H2,2-3H3. The molecule has 0 aliphatic carbocycles. The summed E-state index contributed by atoms with van der Waals surface area (Å²) >= 11 is 0. The molecule has 0 fully saturated rings. The van der Waals surface area contributed by atoms with Crippen molar-refractivity contribution in [2.24, 2.45) is 0 Å². The Balaban J connectivity index is 3.09. The molecule has 0 spiro atoms. The van der Waals surface area contributed by atoms with E-state index in [-0.39, 0.29) is 0 Å². The Morgan fingerprint density at radius 1 is 1.33 bits per heavy atom. The molecule has 0 nitrogen and oxygen atoms in total. The van der Waals surface area contributed by atoms with Gasteiger partial charge in [0.15, 0.2) is 0 Å². The third kappa shape index (κ3) is 7.48. The van der Waals surface area contributed by atoms with E-state index in [1.165, 1.54) is 18.4 Å². The first kappa shape index (κ1) is 8.48. The van der Waals surface area contributed by atoms with E-state index in [0.29, 0.717) is 0 Å². The van der Waals surface area contributed by atoms with E-state index in [4.69, 9.17) is 0 Å². The molecule has 0 heterocycles. The summed E-state index contributed by atoms with van der Waals surface area (Å²) in [4.78, 5) is 0. The van der Waals surface area contributed by atoms with Crippen LogP contribution in [0.5, 0.6) is 0 Å². The van der Waals surface area contributed by atoms with Gasteiger partial charge in [0, 0.05) is 0 Å². The molecule has 0 radical (unpaired) electrons. The van der Waals surface area contributed by atoms with Crippen LogP contribution in [0.25, 0.3) is 0 Å². The van der Waals surface area contributed by atoms with Crippen LogP contribution in [0, 0.1) is 0 Å². The number of allylic oxidation sites excluding steroid dienone is 3. The normalized spacial score (nSPS) is 8.67. The summed E-state index contributed by atoms with van der Waals surface area (Å²) in [6, 6.07) is 0. The Hall–Kier alpha value is -0.520. The van der Waals surface area contributed by atoms with Gasteiger partial charge in [0.2, 0.25) is 0 Å². The quantitative estimate of drug-likeness (QED) is 0.398. The summed E-state index contributed by atoms with van der Waals surface area (Å²) in [7, 11) is 0. The minimum Gasteiger partial charge on any atom is -0.103 e. The minimum absolute atomic E-state index is 1.14. The summed E-state index contributed by atoms with van der Waals surface area (Å²) in [5.41, 5.74) is 1.42. The topological polar surface area (TPSA) is 0 Å². The van der Waals surface area contributed by atoms with Crippen LogP contribution >= 0.6 is 0 Å². The number of rotatable bonds is 4. The Bertz CT molecular complexity index is 94.6.